The Labute approximate surface area is 181 Å². The molecule has 0 radical (unpaired) electrons. The fraction of sp³-hybridized carbons (Fsp3) is 0.0909. The summed E-state index contributed by atoms with van der Waals surface area (Å²) in [6, 6.07) is 27.4. The molecule has 0 nitrogen and oxygen atoms in total. The average molecular weight is 443 g/mol. The first-order valence-electron chi connectivity index (χ1n) is 8.46. The summed E-state index contributed by atoms with van der Waals surface area (Å²) in [5, 5.41) is 1.28. The second-order valence-corrected chi connectivity index (χ2v) is 13.6. The van der Waals surface area contributed by atoms with E-state index in [4.69, 9.17) is 24.4 Å². The van der Waals surface area contributed by atoms with Crippen molar-refractivity contribution in [2.24, 2.45) is 0 Å². The van der Waals surface area contributed by atoms with Crippen molar-refractivity contribution < 1.29 is 0 Å². The van der Waals surface area contributed by atoms with Crippen LogP contribution in [0.25, 0.3) is 0 Å². The zero-order valence-corrected chi connectivity index (χ0v) is 19.2. The smallest absolute Gasteiger partial charge is 0.0715 e. The van der Waals surface area contributed by atoms with Crippen LogP contribution in [0.1, 0.15) is 22.3 Å². The molecule has 0 heterocycles. The molecule has 0 amide bonds. The molecule has 0 N–H and O–H groups in total. The second-order valence-electron chi connectivity index (χ2n) is 6.08. The maximum Gasteiger partial charge on any atom is 0.0831 e. The lowest BCUT2D eigenvalue weighted by Crippen LogP contribution is -2.01. The van der Waals surface area contributed by atoms with Gasteiger partial charge in [0, 0.05) is 0 Å². The van der Waals surface area contributed by atoms with Gasteiger partial charge in [0.15, 0.2) is 0 Å². The van der Waals surface area contributed by atoms with Crippen LogP contribution in [0.4, 0.5) is 0 Å². The van der Waals surface area contributed by atoms with Crippen molar-refractivity contribution in [3.05, 3.63) is 101 Å². The van der Waals surface area contributed by atoms with E-state index in [0.717, 1.165) is 19.5 Å². The molecule has 136 valence electrons. The molecule has 0 bridgehead atoms. The summed E-state index contributed by atoms with van der Waals surface area (Å²) in [7, 11) is 0. The summed E-state index contributed by atoms with van der Waals surface area (Å²) in [5.74, 6) is 0. The molecule has 0 unspecified atom stereocenters. The predicted octanol–water partition coefficient (Wildman–Crippen LogP) is 7.46. The Morgan fingerprint density at radius 3 is 1.44 bits per heavy atom. The highest BCUT2D eigenvalue weighted by Crippen LogP contribution is 2.62. The van der Waals surface area contributed by atoms with Crippen LogP contribution in [-0.2, 0) is 0 Å². The molecule has 27 heavy (non-hydrogen) atoms. The molecular formula is C22H19PS4. The summed E-state index contributed by atoms with van der Waals surface area (Å²) in [6.07, 6.45) is -0.646. The monoisotopic (exact) mass is 442 g/mol. The molecule has 0 aliphatic heterocycles. The maximum atomic E-state index is 5.75. The van der Waals surface area contributed by atoms with Crippen LogP contribution in [0, 0.1) is 13.8 Å². The SMILES string of the molecule is Cc1ccc(C(=S)SP(SC(=S)c2ccc(C)cc2)c2ccccc2)cc1. The third kappa shape index (κ3) is 5.97. The van der Waals surface area contributed by atoms with Gasteiger partial charge in [0.05, 0.1) is 14.7 Å². The van der Waals surface area contributed by atoms with Crippen LogP contribution in [0.5, 0.6) is 0 Å². The Balaban J connectivity index is 1.81. The van der Waals surface area contributed by atoms with Crippen LogP contribution in [0.3, 0.4) is 0 Å². The van der Waals surface area contributed by atoms with E-state index < -0.39 is 6.33 Å². The zero-order chi connectivity index (χ0) is 19.2. The Morgan fingerprint density at radius 1 is 0.630 bits per heavy atom. The van der Waals surface area contributed by atoms with Gasteiger partial charge in [-0.05, 0) is 30.3 Å². The highest BCUT2D eigenvalue weighted by atomic mass is 33.1. The summed E-state index contributed by atoms with van der Waals surface area (Å²) in [5.41, 5.74) is 4.69. The molecule has 0 saturated heterocycles. The molecule has 3 aromatic rings. The molecule has 3 aromatic carbocycles. The second kappa shape index (κ2) is 9.95. The minimum Gasteiger partial charge on any atom is -0.0715 e. The van der Waals surface area contributed by atoms with E-state index in [1.165, 1.54) is 16.4 Å². The van der Waals surface area contributed by atoms with E-state index in [1.54, 1.807) is 22.8 Å². The van der Waals surface area contributed by atoms with Gasteiger partial charge in [-0.1, -0.05) is 137 Å². The van der Waals surface area contributed by atoms with E-state index >= 15 is 0 Å². The number of benzene rings is 3. The molecule has 0 atom stereocenters. The predicted molar refractivity (Wildman–Crippen MR) is 134 cm³/mol. The Bertz CT molecular complexity index is 859. The van der Waals surface area contributed by atoms with Crippen molar-refractivity contribution in [1.82, 2.24) is 0 Å². The summed E-state index contributed by atoms with van der Waals surface area (Å²) in [4.78, 5) is 0. The zero-order valence-electron chi connectivity index (χ0n) is 15.1. The third-order valence-corrected chi connectivity index (χ3v) is 12.1. The van der Waals surface area contributed by atoms with Crippen LogP contribution in [0.2, 0.25) is 0 Å². The van der Waals surface area contributed by atoms with E-state index in [-0.39, 0.29) is 0 Å². The lowest BCUT2D eigenvalue weighted by Gasteiger charge is -2.18. The van der Waals surface area contributed by atoms with Gasteiger partial charge < -0.3 is 0 Å². The standard InChI is InChI=1S/C22H19PS4/c1-16-8-12-18(13-9-16)21(24)26-23(20-6-4-3-5-7-20)27-22(25)19-14-10-17(2)11-15-19/h3-15H,1-2H3. The first kappa shape index (κ1) is 20.7. The maximum absolute atomic E-state index is 5.75. The van der Waals surface area contributed by atoms with Crippen molar-refractivity contribution in [3.8, 4) is 0 Å². The normalized spacial score (nSPS) is 10.8. The first-order valence-corrected chi connectivity index (χ1v) is 13.5. The first-order chi connectivity index (χ1) is 13.0. The molecule has 0 fully saturated rings. The number of hydrogen-bond donors (Lipinski definition) is 0. The Hall–Kier alpha value is -1.03. The van der Waals surface area contributed by atoms with Crippen molar-refractivity contribution in [1.29, 1.82) is 0 Å². The van der Waals surface area contributed by atoms with Gasteiger partial charge >= 0.3 is 0 Å². The van der Waals surface area contributed by atoms with Gasteiger partial charge in [0.1, 0.15) is 0 Å². The quantitative estimate of drug-likeness (QED) is 0.297. The molecule has 0 spiro atoms. The van der Waals surface area contributed by atoms with Crippen molar-refractivity contribution in [2.75, 3.05) is 0 Å². The minimum atomic E-state index is -0.646. The van der Waals surface area contributed by atoms with E-state index in [9.17, 15) is 0 Å². The van der Waals surface area contributed by atoms with E-state index in [1.807, 2.05) is 6.07 Å². The van der Waals surface area contributed by atoms with Crippen LogP contribution in [-0.4, -0.2) is 8.39 Å². The average Bonchev–Trinajstić information content (AvgIpc) is 2.69. The highest BCUT2D eigenvalue weighted by molar-refractivity contribution is 8.97. The third-order valence-electron chi connectivity index (χ3n) is 3.87. The number of rotatable bonds is 5. The fourth-order valence-corrected chi connectivity index (χ4v) is 10.9. The Morgan fingerprint density at radius 2 is 1.04 bits per heavy atom. The van der Waals surface area contributed by atoms with E-state index in [0.29, 0.717) is 0 Å². The molecule has 0 aliphatic carbocycles. The molecule has 0 saturated carbocycles. The summed E-state index contributed by atoms with van der Waals surface area (Å²) < 4.78 is 1.84. The molecule has 0 aliphatic rings. The fourth-order valence-electron chi connectivity index (χ4n) is 2.31. The van der Waals surface area contributed by atoms with Gasteiger partial charge in [-0.25, -0.2) is 0 Å². The van der Waals surface area contributed by atoms with Crippen LogP contribution >= 0.6 is 53.5 Å². The van der Waals surface area contributed by atoms with Gasteiger partial charge in [0.2, 0.25) is 0 Å². The lowest BCUT2D eigenvalue weighted by molar-refractivity contribution is 1.47. The van der Waals surface area contributed by atoms with Crippen molar-refractivity contribution >= 4 is 67.2 Å². The molecule has 0 aromatic heterocycles. The van der Waals surface area contributed by atoms with Gasteiger partial charge in [-0.15, -0.1) is 0 Å². The molecule has 5 heteroatoms. The number of thiocarbonyl (C=S) groups is 2. The minimum absolute atomic E-state index is 0.646. The van der Waals surface area contributed by atoms with Crippen LogP contribution in [0.15, 0.2) is 78.9 Å². The van der Waals surface area contributed by atoms with Gasteiger partial charge in [0.25, 0.3) is 0 Å². The van der Waals surface area contributed by atoms with E-state index in [2.05, 4.69) is 86.6 Å². The number of hydrogen-bond acceptors (Lipinski definition) is 4. The summed E-state index contributed by atoms with van der Waals surface area (Å²) >= 11 is 15.0. The van der Waals surface area contributed by atoms with Crippen molar-refractivity contribution in [3.63, 3.8) is 0 Å². The molecular weight excluding hydrogens is 423 g/mol. The highest BCUT2D eigenvalue weighted by Gasteiger charge is 2.19. The lowest BCUT2D eigenvalue weighted by atomic mass is 10.2. The largest absolute Gasteiger partial charge is 0.0831 e. The Kier molecular flexibility index (Phi) is 7.63. The van der Waals surface area contributed by atoms with Crippen molar-refractivity contribution in [2.45, 2.75) is 13.8 Å². The van der Waals surface area contributed by atoms with Gasteiger partial charge in [-0.3, -0.25) is 0 Å². The topological polar surface area (TPSA) is 0 Å². The van der Waals surface area contributed by atoms with Gasteiger partial charge in [-0.2, -0.15) is 0 Å². The molecule has 3 rings (SSSR count). The number of aryl methyl sites for hydroxylation is 2. The van der Waals surface area contributed by atoms with Crippen LogP contribution < -0.4 is 5.30 Å². The summed E-state index contributed by atoms with van der Waals surface area (Å²) in [6.45, 7) is 4.18.